The smallest absolute Gasteiger partial charge is 0.100 e. The highest BCUT2D eigenvalue weighted by Crippen LogP contribution is 2.28. The van der Waals surface area contributed by atoms with Crippen LogP contribution in [-0.4, -0.2) is 57.4 Å². The molecule has 0 amide bonds. The lowest BCUT2D eigenvalue weighted by molar-refractivity contribution is 0.141. The van der Waals surface area contributed by atoms with Crippen LogP contribution in [-0.2, 0) is 17.8 Å². The molecule has 1 atom stereocenters. The van der Waals surface area contributed by atoms with Crippen LogP contribution in [0.2, 0.25) is 0 Å². The molecule has 0 aliphatic carbocycles. The van der Waals surface area contributed by atoms with Crippen molar-refractivity contribution in [3.8, 4) is 5.69 Å². The number of methoxy groups -OCH3 is 1. The molecule has 2 N–H and O–H groups in total. The number of benzene rings is 2. The van der Waals surface area contributed by atoms with E-state index in [2.05, 4.69) is 43.8 Å². The molecule has 6 nitrogen and oxygen atoms in total. The topological polar surface area (TPSA) is 66.3 Å². The molecule has 4 aromatic rings. The highest BCUT2D eigenvalue weighted by molar-refractivity contribution is 5.86. The van der Waals surface area contributed by atoms with E-state index in [-0.39, 0.29) is 6.61 Å². The Morgan fingerprint density at radius 1 is 1.23 bits per heavy atom. The highest BCUT2D eigenvalue weighted by Gasteiger charge is 2.25. The van der Waals surface area contributed by atoms with E-state index >= 15 is 0 Å². The number of hydrogen-bond acceptors (Lipinski definition) is 4. The normalized spacial score (nSPS) is 17.5. The number of aromatic amines is 1. The molecular formula is C24H28N4O2. The lowest BCUT2D eigenvalue weighted by Gasteiger charge is -2.23. The van der Waals surface area contributed by atoms with Gasteiger partial charge >= 0.3 is 0 Å². The van der Waals surface area contributed by atoms with Gasteiger partial charge in [0.2, 0.25) is 0 Å². The van der Waals surface area contributed by atoms with E-state index in [9.17, 15) is 5.11 Å². The maximum absolute atomic E-state index is 9.38. The van der Waals surface area contributed by atoms with Crippen molar-refractivity contribution in [2.24, 2.45) is 0 Å². The van der Waals surface area contributed by atoms with Crippen LogP contribution in [0.4, 0.5) is 0 Å². The van der Waals surface area contributed by atoms with Crippen molar-refractivity contribution >= 4 is 21.9 Å². The summed E-state index contributed by atoms with van der Waals surface area (Å²) in [5, 5.41) is 10.7. The Labute approximate surface area is 176 Å². The van der Waals surface area contributed by atoms with Crippen molar-refractivity contribution in [1.82, 2.24) is 19.4 Å². The zero-order valence-corrected chi connectivity index (χ0v) is 17.3. The van der Waals surface area contributed by atoms with Crippen molar-refractivity contribution < 1.29 is 9.84 Å². The number of rotatable bonds is 7. The maximum Gasteiger partial charge on any atom is 0.100 e. The first-order valence-electron chi connectivity index (χ1n) is 10.7. The van der Waals surface area contributed by atoms with E-state index in [1.54, 1.807) is 7.11 Å². The molecule has 0 radical (unpaired) electrons. The first kappa shape index (κ1) is 19.3. The summed E-state index contributed by atoms with van der Waals surface area (Å²) >= 11 is 0. The lowest BCUT2D eigenvalue weighted by Crippen LogP contribution is -2.33. The molecule has 1 saturated heterocycles. The van der Waals surface area contributed by atoms with Gasteiger partial charge in [-0.05, 0) is 67.3 Å². The molecule has 1 unspecified atom stereocenters. The first-order chi connectivity index (χ1) is 14.8. The second kappa shape index (κ2) is 8.22. The first-order valence-corrected chi connectivity index (χ1v) is 10.7. The summed E-state index contributed by atoms with van der Waals surface area (Å²) in [7, 11) is 1.77. The third-order valence-corrected chi connectivity index (χ3v) is 6.36. The Morgan fingerprint density at radius 2 is 2.17 bits per heavy atom. The molecule has 1 fully saturated rings. The molecule has 2 aromatic heterocycles. The molecule has 1 aliphatic rings. The fourth-order valence-corrected chi connectivity index (χ4v) is 4.73. The largest absolute Gasteiger partial charge is 0.392 e. The number of aromatic nitrogens is 3. The van der Waals surface area contributed by atoms with E-state index in [0.29, 0.717) is 6.04 Å². The number of likely N-dealkylation sites (tertiary alicyclic amines) is 1. The fraction of sp³-hybridized carbons (Fsp3) is 0.375. The molecule has 0 spiro atoms. The number of fused-ring (bicyclic) bond motifs is 2. The summed E-state index contributed by atoms with van der Waals surface area (Å²) in [4.78, 5) is 10.6. The van der Waals surface area contributed by atoms with Crippen LogP contribution in [0.3, 0.4) is 0 Å². The molecule has 156 valence electrons. The summed E-state index contributed by atoms with van der Waals surface area (Å²) in [6.45, 7) is 2.99. The Balaban J connectivity index is 1.46. The van der Waals surface area contributed by atoms with Gasteiger partial charge in [0.05, 0.1) is 24.2 Å². The van der Waals surface area contributed by atoms with E-state index in [1.165, 1.54) is 35.9 Å². The Bertz CT molecular complexity index is 1160. The fourth-order valence-electron chi connectivity index (χ4n) is 4.73. The van der Waals surface area contributed by atoms with Crippen LogP contribution in [0.1, 0.15) is 24.0 Å². The van der Waals surface area contributed by atoms with Crippen molar-refractivity contribution in [1.29, 1.82) is 0 Å². The van der Waals surface area contributed by atoms with Crippen molar-refractivity contribution in [3.05, 3.63) is 60.0 Å². The summed E-state index contributed by atoms with van der Waals surface area (Å²) in [5.74, 6) is 0. The quantitative estimate of drug-likeness (QED) is 0.493. The molecular weight excluding hydrogens is 376 g/mol. The molecule has 0 saturated carbocycles. The number of hydrogen-bond donors (Lipinski definition) is 2. The number of H-pyrrole nitrogens is 1. The van der Waals surface area contributed by atoms with Crippen LogP contribution in [0.25, 0.3) is 27.6 Å². The van der Waals surface area contributed by atoms with Gasteiger partial charge in [0.25, 0.3) is 0 Å². The van der Waals surface area contributed by atoms with Crippen molar-refractivity contribution in [2.45, 2.75) is 31.9 Å². The third kappa shape index (κ3) is 3.51. The van der Waals surface area contributed by atoms with Crippen LogP contribution < -0.4 is 0 Å². The van der Waals surface area contributed by atoms with Gasteiger partial charge in [-0.2, -0.15) is 0 Å². The number of ether oxygens (including phenoxy) is 1. The zero-order valence-electron chi connectivity index (χ0n) is 17.3. The van der Waals surface area contributed by atoms with Crippen LogP contribution in [0.15, 0.2) is 48.9 Å². The van der Waals surface area contributed by atoms with Crippen molar-refractivity contribution in [3.63, 3.8) is 0 Å². The minimum atomic E-state index is 0.0318. The Morgan fingerprint density at radius 3 is 3.03 bits per heavy atom. The van der Waals surface area contributed by atoms with Gasteiger partial charge in [-0.1, -0.05) is 6.07 Å². The van der Waals surface area contributed by atoms with Crippen LogP contribution in [0, 0.1) is 0 Å². The molecule has 6 heteroatoms. The highest BCUT2D eigenvalue weighted by atomic mass is 16.5. The van der Waals surface area contributed by atoms with Gasteiger partial charge in [-0.15, -0.1) is 0 Å². The minimum Gasteiger partial charge on any atom is -0.392 e. The van der Waals surface area contributed by atoms with Gasteiger partial charge in [0.15, 0.2) is 0 Å². The van der Waals surface area contributed by atoms with Crippen molar-refractivity contribution in [2.75, 3.05) is 26.8 Å². The summed E-state index contributed by atoms with van der Waals surface area (Å²) in [6, 6.07) is 13.0. The monoisotopic (exact) mass is 404 g/mol. The molecule has 5 rings (SSSR count). The molecule has 3 heterocycles. The number of imidazole rings is 1. The summed E-state index contributed by atoms with van der Waals surface area (Å²) in [6.07, 6.45) is 7.59. The predicted octanol–water partition coefficient (Wildman–Crippen LogP) is 3.65. The maximum atomic E-state index is 9.38. The second-order valence-corrected chi connectivity index (χ2v) is 8.17. The summed E-state index contributed by atoms with van der Waals surface area (Å²) < 4.78 is 7.41. The molecule has 0 bridgehead atoms. The van der Waals surface area contributed by atoms with Crippen LogP contribution >= 0.6 is 0 Å². The summed E-state index contributed by atoms with van der Waals surface area (Å²) in [5.41, 5.74) is 6.46. The lowest BCUT2D eigenvalue weighted by atomic mass is 10.0. The predicted molar refractivity (Wildman–Crippen MR) is 119 cm³/mol. The number of nitrogens with zero attached hydrogens (tertiary/aromatic N) is 3. The van der Waals surface area contributed by atoms with E-state index in [4.69, 9.17) is 4.74 Å². The third-order valence-electron chi connectivity index (χ3n) is 6.36. The average molecular weight is 405 g/mol. The number of aliphatic hydroxyl groups excluding tert-OH is 1. The second-order valence-electron chi connectivity index (χ2n) is 8.17. The van der Waals surface area contributed by atoms with Gasteiger partial charge in [0.1, 0.15) is 6.33 Å². The van der Waals surface area contributed by atoms with E-state index in [1.807, 2.05) is 24.5 Å². The Kier molecular flexibility index (Phi) is 5.29. The van der Waals surface area contributed by atoms with Crippen LogP contribution in [0.5, 0.6) is 0 Å². The van der Waals surface area contributed by atoms with Gasteiger partial charge in [-0.3, -0.25) is 9.47 Å². The Hall–Kier alpha value is -2.67. The standard InChI is InChI=1S/C24H28N4O2/c1-30-10-9-27-8-2-3-19(27)12-18-14-25-22-6-5-20(13-21(18)22)28-16-26-23-11-17(15-29)4-7-24(23)28/h4-7,11,13-14,16,19,25,29H,2-3,8-10,12,15H2,1H3. The SMILES string of the molecule is COCCN1CCCC1Cc1c[nH]c2ccc(-n3cnc4cc(CO)ccc43)cc12. The molecule has 2 aromatic carbocycles. The number of nitrogens with one attached hydrogen (secondary N) is 1. The molecule has 30 heavy (non-hydrogen) atoms. The molecule has 1 aliphatic heterocycles. The van der Waals surface area contributed by atoms with E-state index in [0.717, 1.165) is 41.9 Å². The minimum absolute atomic E-state index is 0.0318. The zero-order chi connectivity index (χ0) is 20.5. The van der Waals surface area contributed by atoms with E-state index < -0.39 is 0 Å². The number of aliphatic hydroxyl groups is 1. The average Bonchev–Trinajstić information content (AvgIpc) is 3.50. The van der Waals surface area contributed by atoms with Gasteiger partial charge < -0.3 is 14.8 Å². The van der Waals surface area contributed by atoms with Gasteiger partial charge in [0, 0.05) is 42.5 Å². The van der Waals surface area contributed by atoms with Gasteiger partial charge in [-0.25, -0.2) is 4.98 Å².